The summed E-state index contributed by atoms with van der Waals surface area (Å²) < 4.78 is 1.71. The number of nitrogens with zero attached hydrogens (tertiary/aromatic N) is 4. The van der Waals surface area contributed by atoms with Gasteiger partial charge in [-0.15, -0.1) is 5.10 Å². The molecule has 3 rings (SSSR count). The van der Waals surface area contributed by atoms with Crippen LogP contribution in [-0.4, -0.2) is 39.4 Å². The fourth-order valence-corrected chi connectivity index (χ4v) is 2.71. The third kappa shape index (κ3) is 1.98. The SMILES string of the molecule is Cc1c(C(N)=O)nnn1-c1cccc2c1CCN(C)C2. The van der Waals surface area contributed by atoms with E-state index in [0.717, 1.165) is 25.2 Å². The first-order chi connectivity index (χ1) is 9.58. The molecule has 2 heterocycles. The first-order valence-electron chi connectivity index (χ1n) is 6.59. The molecule has 1 amide bonds. The van der Waals surface area contributed by atoms with Gasteiger partial charge in [0.2, 0.25) is 0 Å². The van der Waals surface area contributed by atoms with Crippen molar-refractivity contribution in [3.05, 3.63) is 40.7 Å². The highest BCUT2D eigenvalue weighted by Crippen LogP contribution is 2.25. The van der Waals surface area contributed by atoms with Gasteiger partial charge in [0.05, 0.1) is 11.4 Å². The summed E-state index contributed by atoms with van der Waals surface area (Å²) in [4.78, 5) is 13.6. The van der Waals surface area contributed by atoms with E-state index in [1.807, 2.05) is 19.1 Å². The number of aromatic nitrogens is 3. The predicted octanol–water partition coefficient (Wildman–Crippen LogP) is 0.663. The maximum Gasteiger partial charge on any atom is 0.271 e. The molecule has 0 bridgehead atoms. The molecule has 0 fully saturated rings. The van der Waals surface area contributed by atoms with Crippen LogP contribution in [0.5, 0.6) is 0 Å². The Bertz CT molecular complexity index is 676. The van der Waals surface area contributed by atoms with Gasteiger partial charge in [0.1, 0.15) is 0 Å². The van der Waals surface area contributed by atoms with Crippen molar-refractivity contribution in [1.29, 1.82) is 0 Å². The Labute approximate surface area is 117 Å². The summed E-state index contributed by atoms with van der Waals surface area (Å²) in [7, 11) is 2.11. The Hall–Kier alpha value is -2.21. The van der Waals surface area contributed by atoms with Gasteiger partial charge in [0.25, 0.3) is 5.91 Å². The quantitative estimate of drug-likeness (QED) is 0.870. The van der Waals surface area contributed by atoms with Crippen LogP contribution >= 0.6 is 0 Å². The van der Waals surface area contributed by atoms with Gasteiger partial charge in [0.15, 0.2) is 5.69 Å². The third-order valence-electron chi connectivity index (χ3n) is 3.79. The van der Waals surface area contributed by atoms with E-state index >= 15 is 0 Å². The maximum atomic E-state index is 11.3. The van der Waals surface area contributed by atoms with Gasteiger partial charge in [0, 0.05) is 13.1 Å². The molecule has 20 heavy (non-hydrogen) atoms. The Morgan fingerprint density at radius 3 is 2.90 bits per heavy atom. The van der Waals surface area contributed by atoms with E-state index in [4.69, 9.17) is 5.73 Å². The third-order valence-corrected chi connectivity index (χ3v) is 3.79. The van der Waals surface area contributed by atoms with Crippen LogP contribution in [0, 0.1) is 6.92 Å². The normalized spacial score (nSPS) is 15.1. The number of carbonyl (C=O) groups is 1. The van der Waals surface area contributed by atoms with Crippen molar-refractivity contribution in [3.63, 3.8) is 0 Å². The number of hydrogen-bond acceptors (Lipinski definition) is 4. The zero-order valence-corrected chi connectivity index (χ0v) is 11.6. The first kappa shape index (κ1) is 12.8. The number of fused-ring (bicyclic) bond motifs is 1. The smallest absolute Gasteiger partial charge is 0.271 e. The average molecular weight is 271 g/mol. The summed E-state index contributed by atoms with van der Waals surface area (Å²) in [6, 6.07) is 6.16. The van der Waals surface area contributed by atoms with Crippen LogP contribution in [0.25, 0.3) is 5.69 Å². The second-order valence-corrected chi connectivity index (χ2v) is 5.20. The van der Waals surface area contributed by atoms with E-state index in [9.17, 15) is 4.79 Å². The van der Waals surface area contributed by atoms with Crippen LogP contribution in [-0.2, 0) is 13.0 Å². The molecule has 0 aliphatic carbocycles. The molecular weight excluding hydrogens is 254 g/mol. The Morgan fingerprint density at radius 1 is 1.40 bits per heavy atom. The summed E-state index contributed by atoms with van der Waals surface area (Å²) in [6.07, 6.45) is 0.965. The minimum absolute atomic E-state index is 0.232. The van der Waals surface area contributed by atoms with E-state index in [1.165, 1.54) is 11.1 Å². The molecule has 2 N–H and O–H groups in total. The number of amides is 1. The molecule has 6 nitrogen and oxygen atoms in total. The number of rotatable bonds is 2. The van der Waals surface area contributed by atoms with Crippen LogP contribution < -0.4 is 5.73 Å². The van der Waals surface area contributed by atoms with Gasteiger partial charge in [-0.25, -0.2) is 4.68 Å². The van der Waals surface area contributed by atoms with Crippen LogP contribution in [0.3, 0.4) is 0 Å². The first-order valence-corrected chi connectivity index (χ1v) is 6.59. The van der Waals surface area contributed by atoms with Crippen molar-refractivity contribution in [2.24, 2.45) is 5.73 Å². The second-order valence-electron chi connectivity index (χ2n) is 5.20. The second kappa shape index (κ2) is 4.72. The molecule has 6 heteroatoms. The standard InChI is InChI=1S/C14H17N5O/c1-9-13(14(15)20)16-17-19(9)12-5-3-4-10-8-18(2)7-6-11(10)12/h3-5H,6-8H2,1-2H3,(H2,15,20). The molecule has 1 aliphatic rings. The lowest BCUT2D eigenvalue weighted by Crippen LogP contribution is -2.27. The molecule has 0 atom stereocenters. The molecule has 0 spiro atoms. The fourth-order valence-electron chi connectivity index (χ4n) is 2.71. The summed E-state index contributed by atoms with van der Waals surface area (Å²) in [5.41, 5.74) is 9.78. The van der Waals surface area contributed by atoms with E-state index in [0.29, 0.717) is 5.69 Å². The number of hydrogen-bond donors (Lipinski definition) is 1. The Morgan fingerprint density at radius 2 is 2.20 bits per heavy atom. The number of nitrogens with two attached hydrogens (primary N) is 1. The number of primary amides is 1. The summed E-state index contributed by atoms with van der Waals surface area (Å²) in [5, 5.41) is 7.97. The zero-order valence-electron chi connectivity index (χ0n) is 11.6. The zero-order chi connectivity index (χ0) is 14.3. The Kier molecular flexibility index (Phi) is 3.02. The molecule has 2 aromatic rings. The van der Waals surface area contributed by atoms with Gasteiger partial charge < -0.3 is 10.6 Å². The van der Waals surface area contributed by atoms with E-state index in [2.05, 4.69) is 28.3 Å². The van der Waals surface area contributed by atoms with Crippen molar-refractivity contribution >= 4 is 5.91 Å². The van der Waals surface area contributed by atoms with Crippen molar-refractivity contribution in [2.75, 3.05) is 13.6 Å². The van der Waals surface area contributed by atoms with Gasteiger partial charge in [-0.2, -0.15) is 0 Å². The molecule has 1 aliphatic heterocycles. The molecule has 104 valence electrons. The van der Waals surface area contributed by atoms with Crippen molar-refractivity contribution in [1.82, 2.24) is 19.9 Å². The topological polar surface area (TPSA) is 77.0 Å². The highest BCUT2D eigenvalue weighted by Gasteiger charge is 2.20. The van der Waals surface area contributed by atoms with E-state index in [-0.39, 0.29) is 5.69 Å². The molecule has 0 saturated carbocycles. The van der Waals surface area contributed by atoms with Crippen LogP contribution in [0.1, 0.15) is 27.3 Å². The van der Waals surface area contributed by atoms with Gasteiger partial charge in [-0.3, -0.25) is 4.79 Å². The number of benzene rings is 1. The average Bonchev–Trinajstić information content (AvgIpc) is 2.79. The lowest BCUT2D eigenvalue weighted by atomic mass is 9.98. The molecule has 1 aromatic heterocycles. The largest absolute Gasteiger partial charge is 0.364 e. The van der Waals surface area contributed by atoms with E-state index < -0.39 is 5.91 Å². The van der Waals surface area contributed by atoms with Crippen LogP contribution in [0.2, 0.25) is 0 Å². The highest BCUT2D eigenvalue weighted by atomic mass is 16.1. The number of likely N-dealkylation sites (N-methyl/N-ethyl adjacent to an activating group) is 1. The molecule has 1 aromatic carbocycles. The molecular formula is C14H17N5O. The molecule has 0 unspecified atom stereocenters. The summed E-state index contributed by atoms with van der Waals surface area (Å²) >= 11 is 0. The Balaban J connectivity index is 2.12. The van der Waals surface area contributed by atoms with Crippen molar-refractivity contribution in [3.8, 4) is 5.69 Å². The lowest BCUT2D eigenvalue weighted by molar-refractivity contribution is 0.0995. The summed E-state index contributed by atoms with van der Waals surface area (Å²) in [5.74, 6) is -0.543. The van der Waals surface area contributed by atoms with Crippen molar-refractivity contribution < 1.29 is 4.79 Å². The lowest BCUT2D eigenvalue weighted by Gasteiger charge is -2.26. The van der Waals surface area contributed by atoms with Crippen LogP contribution in [0.15, 0.2) is 18.2 Å². The van der Waals surface area contributed by atoms with Crippen LogP contribution in [0.4, 0.5) is 0 Å². The monoisotopic (exact) mass is 271 g/mol. The summed E-state index contributed by atoms with van der Waals surface area (Å²) in [6.45, 7) is 3.76. The predicted molar refractivity (Wildman–Crippen MR) is 74.7 cm³/mol. The molecule has 0 radical (unpaired) electrons. The number of carbonyl (C=O) groups excluding carboxylic acids is 1. The van der Waals surface area contributed by atoms with Gasteiger partial charge in [-0.1, -0.05) is 17.3 Å². The minimum Gasteiger partial charge on any atom is -0.364 e. The van der Waals surface area contributed by atoms with E-state index in [1.54, 1.807) is 4.68 Å². The van der Waals surface area contributed by atoms with Gasteiger partial charge in [-0.05, 0) is 37.6 Å². The maximum absolute atomic E-state index is 11.3. The van der Waals surface area contributed by atoms with Gasteiger partial charge >= 0.3 is 0 Å². The minimum atomic E-state index is -0.543. The highest BCUT2D eigenvalue weighted by molar-refractivity contribution is 5.91. The molecule has 0 saturated heterocycles. The van der Waals surface area contributed by atoms with Crippen molar-refractivity contribution in [2.45, 2.75) is 19.9 Å². The fraction of sp³-hybridized carbons (Fsp3) is 0.357.